The molecular weight excluding hydrogens is 335 g/mol. The van der Waals surface area contributed by atoms with Gasteiger partial charge in [0.1, 0.15) is 6.67 Å². The molecule has 1 aromatic rings. The molecule has 0 unspecified atom stereocenters. The van der Waals surface area contributed by atoms with Crippen LogP contribution in [0.3, 0.4) is 0 Å². The number of hydrogen-bond donors (Lipinski definition) is 0. The minimum absolute atomic E-state index is 0.0352. The maximum Gasteiger partial charge on any atom is 0.253 e. The monoisotopic (exact) mass is 360 g/mol. The standard InChI is InChI=1S/C20H25FN2O3/c1-15-20(25-12-5-13-26-20)17-14-16(6-7-18(17)23(15)11-8-21)19(24)22-9-3-2-4-10-22/h6-7,14H,1-5,8-13H2. The van der Waals surface area contributed by atoms with E-state index in [0.717, 1.165) is 43.6 Å². The van der Waals surface area contributed by atoms with Gasteiger partial charge in [-0.15, -0.1) is 0 Å². The molecule has 4 rings (SSSR count). The van der Waals surface area contributed by atoms with E-state index in [1.807, 2.05) is 23.1 Å². The van der Waals surface area contributed by atoms with Crippen LogP contribution in [0.5, 0.6) is 0 Å². The highest BCUT2D eigenvalue weighted by atomic mass is 19.1. The van der Waals surface area contributed by atoms with Crippen molar-refractivity contribution in [3.05, 3.63) is 41.6 Å². The minimum atomic E-state index is -1.10. The van der Waals surface area contributed by atoms with Crippen LogP contribution in [-0.4, -0.2) is 50.3 Å². The largest absolute Gasteiger partial charge is 0.341 e. The zero-order chi connectivity index (χ0) is 18.1. The van der Waals surface area contributed by atoms with Crippen molar-refractivity contribution < 1.29 is 18.7 Å². The van der Waals surface area contributed by atoms with Crippen molar-refractivity contribution in [3.8, 4) is 0 Å². The van der Waals surface area contributed by atoms with Gasteiger partial charge in [-0.3, -0.25) is 4.79 Å². The van der Waals surface area contributed by atoms with Crippen molar-refractivity contribution in [1.29, 1.82) is 0 Å². The second-order valence-corrected chi connectivity index (χ2v) is 7.04. The van der Waals surface area contributed by atoms with Gasteiger partial charge in [0.05, 0.1) is 31.1 Å². The zero-order valence-corrected chi connectivity index (χ0v) is 15.0. The quantitative estimate of drug-likeness (QED) is 0.830. The van der Waals surface area contributed by atoms with Gasteiger partial charge in [0.15, 0.2) is 0 Å². The maximum atomic E-state index is 13.1. The molecule has 5 nitrogen and oxygen atoms in total. The first-order valence-corrected chi connectivity index (χ1v) is 9.42. The number of alkyl halides is 1. The average molecular weight is 360 g/mol. The first-order chi connectivity index (χ1) is 12.7. The smallest absolute Gasteiger partial charge is 0.253 e. The molecular formula is C20H25FN2O3. The highest BCUT2D eigenvalue weighted by Gasteiger charge is 2.50. The molecule has 0 bridgehead atoms. The van der Waals surface area contributed by atoms with Gasteiger partial charge in [-0.05, 0) is 43.9 Å². The summed E-state index contributed by atoms with van der Waals surface area (Å²) >= 11 is 0. The summed E-state index contributed by atoms with van der Waals surface area (Å²) < 4.78 is 25.1. The summed E-state index contributed by atoms with van der Waals surface area (Å²) in [6.07, 6.45) is 4.08. The Bertz CT molecular complexity index is 709. The van der Waals surface area contributed by atoms with Crippen LogP contribution in [0.1, 0.15) is 41.6 Å². The lowest BCUT2D eigenvalue weighted by Gasteiger charge is -2.36. The molecule has 0 atom stereocenters. The van der Waals surface area contributed by atoms with Crippen molar-refractivity contribution >= 4 is 11.6 Å². The lowest BCUT2D eigenvalue weighted by atomic mass is 10.0. The molecule has 0 saturated carbocycles. The Hall–Kier alpha value is -1.92. The zero-order valence-electron chi connectivity index (χ0n) is 15.0. The van der Waals surface area contributed by atoms with Crippen molar-refractivity contribution in [2.45, 2.75) is 31.5 Å². The second kappa shape index (κ2) is 7.00. The Morgan fingerprint density at radius 2 is 1.88 bits per heavy atom. The van der Waals surface area contributed by atoms with Gasteiger partial charge in [-0.25, -0.2) is 4.39 Å². The van der Waals surface area contributed by atoms with Gasteiger partial charge in [0, 0.05) is 24.2 Å². The van der Waals surface area contributed by atoms with E-state index >= 15 is 0 Å². The number of piperidine rings is 1. The van der Waals surface area contributed by atoms with Crippen LogP contribution in [0.2, 0.25) is 0 Å². The number of ether oxygens (including phenoxy) is 2. The van der Waals surface area contributed by atoms with E-state index in [4.69, 9.17) is 9.47 Å². The van der Waals surface area contributed by atoms with Crippen molar-refractivity contribution in [2.24, 2.45) is 0 Å². The van der Waals surface area contributed by atoms with Crippen LogP contribution in [-0.2, 0) is 15.3 Å². The van der Waals surface area contributed by atoms with E-state index in [0.29, 0.717) is 24.5 Å². The number of fused-ring (bicyclic) bond motifs is 2. The summed E-state index contributed by atoms with van der Waals surface area (Å²) in [7, 11) is 0. The molecule has 3 aliphatic rings. The number of rotatable bonds is 3. The number of likely N-dealkylation sites (tertiary alicyclic amines) is 1. The summed E-state index contributed by atoms with van der Waals surface area (Å²) in [6, 6.07) is 5.53. The molecule has 3 aliphatic heterocycles. The van der Waals surface area contributed by atoms with E-state index < -0.39 is 12.5 Å². The number of halogens is 1. The van der Waals surface area contributed by atoms with Crippen molar-refractivity contribution in [2.75, 3.05) is 44.4 Å². The van der Waals surface area contributed by atoms with Gasteiger partial charge in [-0.2, -0.15) is 0 Å². The normalized spacial score (nSPS) is 22.0. The van der Waals surface area contributed by atoms with Crippen LogP contribution in [0.4, 0.5) is 10.1 Å². The molecule has 1 spiro atoms. The third kappa shape index (κ3) is 2.72. The molecule has 1 amide bonds. The molecule has 140 valence electrons. The average Bonchev–Trinajstić information content (AvgIpc) is 2.91. The predicted molar refractivity (Wildman–Crippen MR) is 96.9 cm³/mol. The van der Waals surface area contributed by atoms with Gasteiger partial charge >= 0.3 is 0 Å². The van der Waals surface area contributed by atoms with E-state index in [-0.39, 0.29) is 12.5 Å². The summed E-state index contributed by atoms with van der Waals surface area (Å²) in [5, 5.41) is 0. The molecule has 26 heavy (non-hydrogen) atoms. The van der Waals surface area contributed by atoms with E-state index in [1.165, 1.54) is 6.42 Å². The fraction of sp³-hybridized carbons (Fsp3) is 0.550. The maximum absolute atomic E-state index is 13.1. The molecule has 3 heterocycles. The molecule has 0 radical (unpaired) electrons. The van der Waals surface area contributed by atoms with Crippen LogP contribution < -0.4 is 4.90 Å². The lowest BCUT2D eigenvalue weighted by molar-refractivity contribution is -0.248. The first-order valence-electron chi connectivity index (χ1n) is 9.42. The Balaban J connectivity index is 1.72. The van der Waals surface area contributed by atoms with Crippen molar-refractivity contribution in [1.82, 2.24) is 4.90 Å². The molecule has 2 saturated heterocycles. The molecule has 2 fully saturated rings. The number of carbonyl (C=O) groups is 1. The van der Waals surface area contributed by atoms with Gasteiger partial charge in [-0.1, -0.05) is 6.58 Å². The highest BCUT2D eigenvalue weighted by molar-refractivity contribution is 5.95. The number of benzene rings is 1. The van der Waals surface area contributed by atoms with E-state index in [1.54, 1.807) is 4.90 Å². The van der Waals surface area contributed by atoms with Crippen LogP contribution >= 0.6 is 0 Å². The second-order valence-electron chi connectivity index (χ2n) is 7.04. The molecule has 6 heteroatoms. The SMILES string of the molecule is C=C1N(CCF)c2ccc(C(=O)N3CCCCC3)cc2C12OCCCO2. The van der Waals surface area contributed by atoms with Crippen molar-refractivity contribution in [3.63, 3.8) is 0 Å². The number of hydrogen-bond acceptors (Lipinski definition) is 4. The van der Waals surface area contributed by atoms with Crippen LogP contribution in [0.25, 0.3) is 0 Å². The lowest BCUT2D eigenvalue weighted by Crippen LogP contribution is -2.40. The first kappa shape index (κ1) is 17.5. The fourth-order valence-electron chi connectivity index (χ4n) is 4.12. The summed E-state index contributed by atoms with van der Waals surface area (Å²) in [5.41, 5.74) is 2.79. The van der Waals surface area contributed by atoms with Gasteiger partial charge in [0.2, 0.25) is 5.79 Å². The summed E-state index contributed by atoms with van der Waals surface area (Å²) in [6.45, 7) is 6.52. The fourth-order valence-corrected chi connectivity index (χ4v) is 4.12. The van der Waals surface area contributed by atoms with E-state index in [9.17, 15) is 9.18 Å². The number of nitrogens with zero attached hydrogens (tertiary/aromatic N) is 2. The topological polar surface area (TPSA) is 42.0 Å². The third-order valence-electron chi connectivity index (χ3n) is 5.45. The molecule has 1 aromatic carbocycles. The number of amides is 1. The Kier molecular flexibility index (Phi) is 4.71. The van der Waals surface area contributed by atoms with Gasteiger partial charge in [0.25, 0.3) is 5.91 Å². The predicted octanol–water partition coefficient (Wildman–Crippen LogP) is 3.21. The van der Waals surface area contributed by atoms with Crippen LogP contribution in [0.15, 0.2) is 30.5 Å². The molecule has 0 aliphatic carbocycles. The van der Waals surface area contributed by atoms with Gasteiger partial charge < -0.3 is 19.3 Å². The third-order valence-corrected chi connectivity index (χ3v) is 5.45. The summed E-state index contributed by atoms with van der Waals surface area (Å²) in [5.74, 6) is -1.06. The molecule has 0 aromatic heterocycles. The Morgan fingerprint density at radius 3 is 2.58 bits per heavy atom. The van der Waals surface area contributed by atoms with E-state index in [2.05, 4.69) is 6.58 Å². The van der Waals surface area contributed by atoms with Crippen LogP contribution in [0, 0.1) is 0 Å². The number of anilines is 1. The highest BCUT2D eigenvalue weighted by Crippen LogP contribution is 2.50. The Labute approximate surface area is 153 Å². The number of carbonyl (C=O) groups excluding carboxylic acids is 1. The summed E-state index contributed by atoms with van der Waals surface area (Å²) in [4.78, 5) is 16.6. The Morgan fingerprint density at radius 1 is 1.15 bits per heavy atom. The molecule has 0 N–H and O–H groups in total. The minimum Gasteiger partial charge on any atom is -0.341 e.